The Hall–Kier alpha value is 0.860. The molecule has 2 heterocycles. The lowest BCUT2D eigenvalue weighted by Gasteiger charge is -2.26. The first-order valence-electron chi connectivity index (χ1n) is 5.19. The zero-order valence-electron chi connectivity index (χ0n) is 8.29. The summed E-state index contributed by atoms with van der Waals surface area (Å²) in [6.07, 6.45) is 9.43. The maximum atomic E-state index is 2.55. The molecule has 0 amide bonds. The summed E-state index contributed by atoms with van der Waals surface area (Å²) in [5.41, 5.74) is 2.39. The first kappa shape index (κ1) is 9.42. The quantitative estimate of drug-likeness (QED) is 0.570. The maximum absolute atomic E-state index is 2.55. The lowest BCUT2D eigenvalue weighted by molar-refractivity contribution is 0.696. The molecule has 0 aromatic rings. The van der Waals surface area contributed by atoms with E-state index in [-0.39, 0.29) is 0 Å². The molecule has 0 spiro atoms. The van der Waals surface area contributed by atoms with E-state index in [4.69, 9.17) is 0 Å². The predicted molar refractivity (Wildman–Crippen MR) is 61.5 cm³/mol. The zero-order chi connectivity index (χ0) is 8.55. The van der Waals surface area contributed by atoms with Crippen LogP contribution in [0.4, 0.5) is 0 Å². The van der Waals surface area contributed by atoms with E-state index in [1.54, 1.807) is 38.0 Å². The van der Waals surface area contributed by atoms with Crippen molar-refractivity contribution in [3.05, 3.63) is 0 Å². The van der Waals surface area contributed by atoms with E-state index in [0.717, 1.165) is 0 Å². The van der Waals surface area contributed by atoms with E-state index < -0.39 is 0 Å². The van der Waals surface area contributed by atoms with Crippen molar-refractivity contribution in [2.75, 3.05) is 25.7 Å². The SMILES string of the molecule is CP1CCCC1[C@H]1CCCP1C. The molecular formula is C10H20P2. The average Bonchev–Trinajstić information content (AvgIpc) is 2.59. The molecule has 0 nitrogen and oxygen atoms in total. The Kier molecular flexibility index (Phi) is 3.09. The minimum Gasteiger partial charge on any atom is -0.106 e. The third-order valence-corrected chi connectivity index (χ3v) is 9.38. The molecule has 3 unspecified atom stereocenters. The van der Waals surface area contributed by atoms with Crippen molar-refractivity contribution in [2.24, 2.45) is 0 Å². The van der Waals surface area contributed by atoms with Crippen molar-refractivity contribution in [1.82, 2.24) is 0 Å². The number of hydrogen-bond donors (Lipinski definition) is 0. The second kappa shape index (κ2) is 3.93. The molecule has 0 N–H and O–H groups in total. The third-order valence-electron chi connectivity index (χ3n) is 3.60. The molecule has 0 aromatic carbocycles. The van der Waals surface area contributed by atoms with Crippen LogP contribution in [-0.4, -0.2) is 37.0 Å². The molecule has 2 aliphatic rings. The molecule has 2 rings (SSSR count). The molecule has 12 heavy (non-hydrogen) atoms. The molecule has 4 atom stereocenters. The summed E-state index contributed by atoms with van der Waals surface area (Å²) in [7, 11) is 0.900. The van der Waals surface area contributed by atoms with Gasteiger partial charge in [-0.05, 0) is 62.7 Å². The summed E-state index contributed by atoms with van der Waals surface area (Å²) in [5.74, 6) is 0. The number of hydrogen-bond acceptors (Lipinski definition) is 0. The van der Waals surface area contributed by atoms with Crippen LogP contribution in [0, 0.1) is 0 Å². The Labute approximate surface area is 79.0 Å². The first-order valence-corrected chi connectivity index (χ1v) is 9.28. The van der Waals surface area contributed by atoms with Gasteiger partial charge in [0.25, 0.3) is 0 Å². The van der Waals surface area contributed by atoms with Gasteiger partial charge in [0.1, 0.15) is 0 Å². The Morgan fingerprint density at radius 1 is 0.833 bits per heavy atom. The maximum Gasteiger partial charge on any atom is -0.0144 e. The minimum atomic E-state index is 0.450. The highest BCUT2D eigenvalue weighted by Crippen LogP contribution is 2.59. The van der Waals surface area contributed by atoms with Gasteiger partial charge in [0.15, 0.2) is 0 Å². The fourth-order valence-corrected chi connectivity index (χ4v) is 8.96. The van der Waals surface area contributed by atoms with E-state index in [1.165, 1.54) is 11.3 Å². The van der Waals surface area contributed by atoms with Crippen LogP contribution < -0.4 is 0 Å². The molecule has 0 aliphatic carbocycles. The van der Waals surface area contributed by atoms with E-state index in [2.05, 4.69) is 13.3 Å². The molecule has 0 radical (unpaired) electrons. The molecule has 2 heteroatoms. The van der Waals surface area contributed by atoms with Gasteiger partial charge in [0.05, 0.1) is 0 Å². The summed E-state index contributed by atoms with van der Waals surface area (Å²) in [6.45, 7) is 5.10. The van der Waals surface area contributed by atoms with E-state index >= 15 is 0 Å². The largest absolute Gasteiger partial charge is 0.106 e. The van der Waals surface area contributed by atoms with Crippen molar-refractivity contribution >= 4 is 15.8 Å². The predicted octanol–water partition coefficient (Wildman–Crippen LogP) is 3.53. The van der Waals surface area contributed by atoms with E-state index in [1.807, 2.05) is 0 Å². The summed E-state index contributed by atoms with van der Waals surface area (Å²) < 4.78 is 0. The fraction of sp³-hybridized carbons (Fsp3) is 1.00. The molecule has 0 aromatic heterocycles. The molecule has 2 fully saturated rings. The molecular weight excluding hydrogens is 182 g/mol. The van der Waals surface area contributed by atoms with Crippen LogP contribution in [0.15, 0.2) is 0 Å². The van der Waals surface area contributed by atoms with Crippen molar-refractivity contribution in [3.8, 4) is 0 Å². The summed E-state index contributed by atoms with van der Waals surface area (Å²) in [6, 6.07) is 0. The Morgan fingerprint density at radius 2 is 1.25 bits per heavy atom. The van der Waals surface area contributed by atoms with E-state index in [9.17, 15) is 0 Å². The van der Waals surface area contributed by atoms with Crippen molar-refractivity contribution < 1.29 is 0 Å². The van der Waals surface area contributed by atoms with Gasteiger partial charge < -0.3 is 0 Å². The van der Waals surface area contributed by atoms with Crippen molar-refractivity contribution in [3.63, 3.8) is 0 Å². The average molecular weight is 202 g/mol. The standard InChI is InChI=1S/C10H20P2/c1-11-7-3-5-9(11)10-6-4-8-12(10)2/h9-10H,3-8H2,1-2H3/t9-,10?,11?,12?/m1/s1. The van der Waals surface area contributed by atoms with Crippen LogP contribution in [0.5, 0.6) is 0 Å². The minimum absolute atomic E-state index is 0.450. The van der Waals surface area contributed by atoms with Crippen LogP contribution >= 0.6 is 15.8 Å². The summed E-state index contributed by atoms with van der Waals surface area (Å²) in [4.78, 5) is 0. The van der Waals surface area contributed by atoms with Crippen LogP contribution in [0.3, 0.4) is 0 Å². The highest BCUT2D eigenvalue weighted by molar-refractivity contribution is 7.62. The van der Waals surface area contributed by atoms with Gasteiger partial charge in [-0.3, -0.25) is 0 Å². The Bertz CT molecular complexity index is 140. The second-order valence-corrected chi connectivity index (χ2v) is 9.63. The highest BCUT2D eigenvalue weighted by atomic mass is 31.1. The molecule has 0 saturated carbocycles. The molecule has 2 aliphatic heterocycles. The zero-order valence-corrected chi connectivity index (χ0v) is 10.1. The topological polar surface area (TPSA) is 0 Å². The smallest absolute Gasteiger partial charge is 0.0144 e. The van der Waals surface area contributed by atoms with Gasteiger partial charge in [-0.25, -0.2) is 0 Å². The van der Waals surface area contributed by atoms with Crippen molar-refractivity contribution in [1.29, 1.82) is 0 Å². The normalized spacial score (nSPS) is 48.5. The van der Waals surface area contributed by atoms with E-state index in [0.29, 0.717) is 15.8 Å². The highest BCUT2D eigenvalue weighted by Gasteiger charge is 2.35. The lowest BCUT2D eigenvalue weighted by atomic mass is 10.1. The van der Waals surface area contributed by atoms with Crippen LogP contribution in [0.1, 0.15) is 25.7 Å². The second-order valence-electron chi connectivity index (χ2n) is 4.38. The third kappa shape index (κ3) is 1.71. The summed E-state index contributed by atoms with van der Waals surface area (Å²) >= 11 is 0. The Morgan fingerprint density at radius 3 is 1.50 bits per heavy atom. The van der Waals surface area contributed by atoms with Crippen LogP contribution in [0.2, 0.25) is 0 Å². The van der Waals surface area contributed by atoms with Gasteiger partial charge in [-0.2, -0.15) is 0 Å². The van der Waals surface area contributed by atoms with Crippen molar-refractivity contribution in [2.45, 2.75) is 37.0 Å². The molecule has 70 valence electrons. The van der Waals surface area contributed by atoms with Gasteiger partial charge in [0.2, 0.25) is 0 Å². The fourth-order valence-electron chi connectivity index (χ4n) is 2.84. The Balaban J connectivity index is 1.98. The lowest BCUT2D eigenvalue weighted by Crippen LogP contribution is -2.16. The van der Waals surface area contributed by atoms with Gasteiger partial charge >= 0.3 is 0 Å². The van der Waals surface area contributed by atoms with Gasteiger partial charge in [-0.1, -0.05) is 0 Å². The van der Waals surface area contributed by atoms with Gasteiger partial charge in [-0.15, -0.1) is 15.8 Å². The number of rotatable bonds is 1. The van der Waals surface area contributed by atoms with Gasteiger partial charge in [0, 0.05) is 0 Å². The van der Waals surface area contributed by atoms with Crippen LogP contribution in [0.25, 0.3) is 0 Å². The molecule has 2 saturated heterocycles. The first-order chi connectivity index (χ1) is 5.79. The summed E-state index contributed by atoms with van der Waals surface area (Å²) in [5, 5.41) is 0. The van der Waals surface area contributed by atoms with Crippen LogP contribution in [-0.2, 0) is 0 Å². The monoisotopic (exact) mass is 202 g/mol. The molecule has 0 bridgehead atoms.